The van der Waals surface area contributed by atoms with Crippen molar-refractivity contribution in [3.63, 3.8) is 0 Å². The molecule has 6 heteroatoms. The van der Waals surface area contributed by atoms with Gasteiger partial charge in [-0.1, -0.05) is 11.8 Å². The number of rotatable bonds is 3. The number of aromatic nitrogens is 1. The van der Waals surface area contributed by atoms with Crippen molar-refractivity contribution in [2.75, 3.05) is 25.1 Å². The molecule has 1 aromatic heterocycles. The predicted molar refractivity (Wildman–Crippen MR) is 80.3 cm³/mol. The van der Waals surface area contributed by atoms with Gasteiger partial charge in [-0.3, -0.25) is 0 Å². The van der Waals surface area contributed by atoms with Gasteiger partial charge >= 0.3 is 0 Å². The third kappa shape index (κ3) is 3.61. The predicted octanol–water partition coefficient (Wildman–Crippen LogP) is 1.75. The minimum absolute atomic E-state index is 0.0477. The summed E-state index contributed by atoms with van der Waals surface area (Å²) >= 11 is 0. The van der Waals surface area contributed by atoms with Crippen LogP contribution in [-0.4, -0.2) is 18.6 Å². The van der Waals surface area contributed by atoms with E-state index in [1.54, 1.807) is 19.2 Å². The lowest BCUT2D eigenvalue weighted by molar-refractivity contribution is 0.441. The van der Waals surface area contributed by atoms with Gasteiger partial charge in [0.1, 0.15) is 17.1 Å². The number of ether oxygens (including phenoxy) is 1. The van der Waals surface area contributed by atoms with Crippen molar-refractivity contribution in [2.45, 2.75) is 0 Å². The van der Waals surface area contributed by atoms with Gasteiger partial charge in [-0.05, 0) is 19.2 Å². The molecule has 0 aliphatic rings. The van der Waals surface area contributed by atoms with Crippen LogP contribution in [0.5, 0.6) is 11.5 Å². The van der Waals surface area contributed by atoms with Crippen LogP contribution in [0.15, 0.2) is 30.5 Å². The summed E-state index contributed by atoms with van der Waals surface area (Å²) in [5.74, 6) is 5.79. The quantitative estimate of drug-likeness (QED) is 0.591. The Balaban J connectivity index is 2.36. The molecule has 0 radical (unpaired) electrons. The van der Waals surface area contributed by atoms with Crippen LogP contribution in [0.2, 0.25) is 0 Å². The van der Waals surface area contributed by atoms with E-state index >= 15 is 0 Å². The van der Waals surface area contributed by atoms with Gasteiger partial charge in [0.25, 0.3) is 0 Å². The van der Waals surface area contributed by atoms with Crippen molar-refractivity contribution in [3.8, 4) is 23.3 Å². The van der Waals surface area contributed by atoms with E-state index in [4.69, 9.17) is 16.2 Å². The number of nitrogens with one attached hydrogen (secondary N) is 1. The lowest BCUT2D eigenvalue weighted by Gasteiger charge is -2.10. The molecule has 0 unspecified atom stereocenters. The molecule has 5 N–H and O–H groups in total. The van der Waals surface area contributed by atoms with E-state index in [0.29, 0.717) is 23.5 Å². The van der Waals surface area contributed by atoms with Crippen molar-refractivity contribution < 1.29 is 9.13 Å². The summed E-state index contributed by atoms with van der Waals surface area (Å²) in [6, 6.07) is 5.77. The number of benzene rings is 1. The van der Waals surface area contributed by atoms with E-state index in [1.807, 2.05) is 0 Å². The minimum Gasteiger partial charge on any atom is -0.453 e. The molecule has 0 fully saturated rings. The maximum Gasteiger partial charge on any atom is 0.167 e. The average Bonchev–Trinajstić information content (AvgIpc) is 2.45. The second-order valence-corrected chi connectivity index (χ2v) is 4.19. The Morgan fingerprint density at radius 1 is 1.29 bits per heavy atom. The first-order valence-corrected chi connectivity index (χ1v) is 6.22. The van der Waals surface area contributed by atoms with E-state index in [2.05, 4.69) is 22.1 Å². The molecule has 0 amide bonds. The number of nitrogens with zero attached hydrogens (tertiary/aromatic N) is 1. The Morgan fingerprint density at radius 2 is 2.10 bits per heavy atom. The van der Waals surface area contributed by atoms with E-state index in [9.17, 15) is 4.39 Å². The van der Waals surface area contributed by atoms with Crippen LogP contribution in [0.1, 0.15) is 5.56 Å². The first-order valence-electron chi connectivity index (χ1n) is 6.22. The second-order valence-electron chi connectivity index (χ2n) is 4.19. The second kappa shape index (κ2) is 6.59. The number of anilines is 2. The highest BCUT2D eigenvalue weighted by Crippen LogP contribution is 2.29. The topological polar surface area (TPSA) is 86.2 Å². The molecule has 0 aliphatic heterocycles. The lowest BCUT2D eigenvalue weighted by atomic mass is 10.2. The first kappa shape index (κ1) is 14.6. The Hall–Kier alpha value is -2.78. The third-order valence-electron chi connectivity index (χ3n) is 2.60. The monoisotopic (exact) mass is 286 g/mol. The molecule has 0 bridgehead atoms. The van der Waals surface area contributed by atoms with E-state index < -0.39 is 5.82 Å². The summed E-state index contributed by atoms with van der Waals surface area (Å²) in [6.07, 6.45) is 1.48. The van der Waals surface area contributed by atoms with Crippen molar-refractivity contribution in [2.24, 2.45) is 0 Å². The number of nitrogens with two attached hydrogens (primary N) is 2. The van der Waals surface area contributed by atoms with Gasteiger partial charge < -0.3 is 21.5 Å². The number of pyridine rings is 1. The molecule has 0 saturated carbocycles. The highest BCUT2D eigenvalue weighted by atomic mass is 19.1. The molecule has 1 aromatic carbocycles. The van der Waals surface area contributed by atoms with Gasteiger partial charge in [0, 0.05) is 24.0 Å². The molecule has 2 aromatic rings. The number of hydrogen-bond acceptors (Lipinski definition) is 5. The zero-order valence-corrected chi connectivity index (χ0v) is 11.5. The fraction of sp³-hybridized carbons (Fsp3) is 0.133. The van der Waals surface area contributed by atoms with E-state index in [1.165, 1.54) is 18.3 Å². The van der Waals surface area contributed by atoms with Crippen LogP contribution in [0.4, 0.5) is 15.9 Å². The van der Waals surface area contributed by atoms with Crippen LogP contribution in [-0.2, 0) is 0 Å². The standard InChI is InChI=1S/C15H15FN4O/c1-19-7-2-3-11-13(6-8-20-15(11)18)21-14-5-4-10(17)9-12(14)16/h4-6,8-9,19H,7,17H2,1H3,(H2,18,20). The SMILES string of the molecule is CNCC#Cc1c(Oc2ccc(N)cc2F)ccnc1N. The Labute approximate surface area is 122 Å². The summed E-state index contributed by atoms with van der Waals surface area (Å²) in [4.78, 5) is 3.96. The molecular weight excluding hydrogens is 271 g/mol. The lowest BCUT2D eigenvalue weighted by Crippen LogP contribution is -2.05. The summed E-state index contributed by atoms with van der Waals surface area (Å²) in [5.41, 5.74) is 12.0. The Bertz CT molecular complexity index is 707. The van der Waals surface area contributed by atoms with Gasteiger partial charge in [0.2, 0.25) is 0 Å². The highest BCUT2D eigenvalue weighted by Gasteiger charge is 2.10. The zero-order valence-electron chi connectivity index (χ0n) is 11.5. The third-order valence-corrected chi connectivity index (χ3v) is 2.60. The van der Waals surface area contributed by atoms with Crippen LogP contribution in [0.25, 0.3) is 0 Å². The summed E-state index contributed by atoms with van der Waals surface area (Å²) in [5, 5.41) is 2.89. The maximum atomic E-state index is 13.8. The van der Waals surface area contributed by atoms with E-state index in [0.717, 1.165) is 0 Å². The first-order chi connectivity index (χ1) is 10.1. The van der Waals surface area contributed by atoms with Crippen molar-refractivity contribution in [1.29, 1.82) is 0 Å². The van der Waals surface area contributed by atoms with E-state index in [-0.39, 0.29) is 11.6 Å². The van der Waals surface area contributed by atoms with Crippen molar-refractivity contribution in [3.05, 3.63) is 41.8 Å². The van der Waals surface area contributed by atoms with Gasteiger partial charge in [-0.15, -0.1) is 0 Å². The molecule has 0 atom stereocenters. The summed E-state index contributed by atoms with van der Waals surface area (Å²) in [7, 11) is 1.78. The molecule has 1 heterocycles. The molecule has 0 spiro atoms. The van der Waals surface area contributed by atoms with Crippen LogP contribution in [0, 0.1) is 17.7 Å². The molecule has 0 saturated heterocycles. The number of hydrogen-bond donors (Lipinski definition) is 3. The maximum absolute atomic E-state index is 13.8. The van der Waals surface area contributed by atoms with Gasteiger partial charge in [-0.25, -0.2) is 9.37 Å². The van der Waals surface area contributed by atoms with Gasteiger partial charge in [0.15, 0.2) is 11.6 Å². The van der Waals surface area contributed by atoms with Crippen LogP contribution < -0.4 is 21.5 Å². The largest absolute Gasteiger partial charge is 0.453 e. The van der Waals surface area contributed by atoms with Gasteiger partial charge in [-0.2, -0.15) is 0 Å². The van der Waals surface area contributed by atoms with Crippen molar-refractivity contribution in [1.82, 2.24) is 10.3 Å². The van der Waals surface area contributed by atoms with Gasteiger partial charge in [0.05, 0.1) is 6.54 Å². The van der Waals surface area contributed by atoms with Crippen LogP contribution >= 0.6 is 0 Å². The highest BCUT2D eigenvalue weighted by molar-refractivity contribution is 5.59. The Morgan fingerprint density at radius 3 is 2.81 bits per heavy atom. The molecular formula is C15H15FN4O. The fourth-order valence-electron chi connectivity index (χ4n) is 1.61. The average molecular weight is 286 g/mol. The minimum atomic E-state index is -0.556. The summed E-state index contributed by atoms with van der Waals surface area (Å²) < 4.78 is 19.3. The smallest absolute Gasteiger partial charge is 0.167 e. The number of nitrogen functional groups attached to an aromatic ring is 2. The normalized spacial score (nSPS) is 9.81. The molecule has 0 aliphatic carbocycles. The fourth-order valence-corrected chi connectivity index (χ4v) is 1.61. The number of halogens is 1. The molecule has 5 nitrogen and oxygen atoms in total. The van der Waals surface area contributed by atoms with Crippen molar-refractivity contribution >= 4 is 11.5 Å². The zero-order chi connectivity index (χ0) is 15.2. The molecule has 2 rings (SSSR count). The summed E-state index contributed by atoms with van der Waals surface area (Å²) in [6.45, 7) is 0.490. The van der Waals surface area contributed by atoms with Crippen LogP contribution in [0.3, 0.4) is 0 Å². The Kier molecular flexibility index (Phi) is 4.59. The molecule has 21 heavy (non-hydrogen) atoms. The molecule has 108 valence electrons.